The summed E-state index contributed by atoms with van der Waals surface area (Å²) in [7, 11) is 0. The van der Waals surface area contributed by atoms with E-state index < -0.39 is 33.9 Å². The van der Waals surface area contributed by atoms with E-state index in [1.807, 2.05) is 0 Å². The number of aryl methyl sites for hydroxylation is 1. The number of carbonyl (C=O) groups is 2. The van der Waals surface area contributed by atoms with Crippen molar-refractivity contribution < 1.29 is 22.7 Å². The summed E-state index contributed by atoms with van der Waals surface area (Å²) in [5.41, 5.74) is -0.518. The summed E-state index contributed by atoms with van der Waals surface area (Å²) >= 11 is -2.40. The van der Waals surface area contributed by atoms with Crippen molar-refractivity contribution >= 4 is 23.0 Å². The van der Waals surface area contributed by atoms with Crippen molar-refractivity contribution in [3.63, 3.8) is 0 Å². The number of halogens is 1. The number of amides is 3. The van der Waals surface area contributed by atoms with E-state index in [-0.39, 0.29) is 18.2 Å². The minimum atomic E-state index is -2.40. The fourth-order valence-corrected chi connectivity index (χ4v) is 5.87. The van der Waals surface area contributed by atoms with Gasteiger partial charge in [-0.1, -0.05) is 12.1 Å². The Morgan fingerprint density at radius 3 is 2.42 bits per heavy atom. The van der Waals surface area contributed by atoms with E-state index in [2.05, 4.69) is 20.6 Å². The standard InChI is InChI=1S/C22H26FN5O4S/c23-17-6-4-15(5-7-17)16-8-13-28(14-9-16)20(33(31)32)22(19(29)26-21(30)27-22)10-1-3-18-24-11-2-12-25-18/h2,4-7,11-12,16,20H,1,3,8-10,13-14H2,(H,31,32)(H2,26,27,29,30). The molecule has 0 aliphatic carbocycles. The predicted octanol–water partition coefficient (Wildman–Crippen LogP) is 1.94. The lowest BCUT2D eigenvalue weighted by Gasteiger charge is -2.43. The van der Waals surface area contributed by atoms with Crippen LogP contribution in [0.5, 0.6) is 0 Å². The predicted molar refractivity (Wildman–Crippen MR) is 119 cm³/mol. The molecule has 2 saturated heterocycles. The highest BCUT2D eigenvalue weighted by Crippen LogP contribution is 2.34. The van der Waals surface area contributed by atoms with Gasteiger partial charge in [0.25, 0.3) is 5.91 Å². The third kappa shape index (κ3) is 5.10. The number of benzene rings is 1. The van der Waals surface area contributed by atoms with Crippen LogP contribution in [-0.4, -0.2) is 59.6 Å². The monoisotopic (exact) mass is 475 g/mol. The number of likely N-dealkylation sites (tertiary alicyclic amines) is 1. The lowest BCUT2D eigenvalue weighted by Crippen LogP contribution is -2.65. The third-order valence-electron chi connectivity index (χ3n) is 6.37. The fourth-order valence-electron chi connectivity index (χ4n) is 4.78. The third-order valence-corrected chi connectivity index (χ3v) is 7.46. The van der Waals surface area contributed by atoms with Crippen molar-refractivity contribution in [2.24, 2.45) is 0 Å². The Balaban J connectivity index is 1.50. The Morgan fingerprint density at radius 1 is 1.18 bits per heavy atom. The molecule has 0 radical (unpaired) electrons. The first-order valence-electron chi connectivity index (χ1n) is 10.9. The molecule has 3 heterocycles. The van der Waals surface area contributed by atoms with E-state index in [1.54, 1.807) is 35.5 Å². The average molecular weight is 476 g/mol. The number of urea groups is 1. The molecule has 3 atom stereocenters. The normalized spacial score (nSPS) is 23.7. The molecule has 0 bridgehead atoms. The summed E-state index contributed by atoms with van der Waals surface area (Å²) in [5, 5.41) is 3.80. The van der Waals surface area contributed by atoms with Crippen LogP contribution in [0.15, 0.2) is 42.7 Å². The summed E-state index contributed by atoms with van der Waals surface area (Å²) < 4.78 is 36.0. The Kier molecular flexibility index (Phi) is 7.11. The van der Waals surface area contributed by atoms with Gasteiger partial charge in [-0.25, -0.2) is 23.4 Å². The second-order valence-electron chi connectivity index (χ2n) is 8.39. The van der Waals surface area contributed by atoms with Gasteiger partial charge in [0, 0.05) is 31.9 Å². The highest BCUT2D eigenvalue weighted by molar-refractivity contribution is 7.80. The summed E-state index contributed by atoms with van der Waals surface area (Å²) in [4.78, 5) is 35.1. The van der Waals surface area contributed by atoms with Gasteiger partial charge in [-0.05, 0) is 55.4 Å². The van der Waals surface area contributed by atoms with E-state index in [4.69, 9.17) is 0 Å². The molecule has 2 aliphatic rings. The van der Waals surface area contributed by atoms with E-state index in [1.165, 1.54) is 12.1 Å². The van der Waals surface area contributed by atoms with Crippen LogP contribution < -0.4 is 10.6 Å². The van der Waals surface area contributed by atoms with Crippen molar-refractivity contribution in [2.75, 3.05) is 13.1 Å². The molecule has 2 aromatic rings. The minimum Gasteiger partial charge on any atom is -0.321 e. The first-order chi connectivity index (χ1) is 15.9. The molecule has 1 aromatic heterocycles. The van der Waals surface area contributed by atoms with Crippen LogP contribution in [-0.2, 0) is 22.3 Å². The van der Waals surface area contributed by atoms with E-state index in [0.717, 1.165) is 5.56 Å². The number of hydrogen-bond acceptors (Lipinski definition) is 6. The summed E-state index contributed by atoms with van der Waals surface area (Å²) in [5.74, 6) is -0.112. The van der Waals surface area contributed by atoms with E-state index in [9.17, 15) is 22.7 Å². The van der Waals surface area contributed by atoms with Gasteiger partial charge in [0.05, 0.1) is 0 Å². The highest BCUT2D eigenvalue weighted by Gasteiger charge is 2.56. The maximum Gasteiger partial charge on any atom is 0.322 e. The van der Waals surface area contributed by atoms with Gasteiger partial charge in [-0.15, -0.1) is 0 Å². The summed E-state index contributed by atoms with van der Waals surface area (Å²) in [6.07, 6.45) is 5.68. The number of nitrogens with one attached hydrogen (secondary N) is 2. The molecule has 2 fully saturated rings. The number of hydrogen-bond donors (Lipinski definition) is 3. The van der Waals surface area contributed by atoms with Crippen molar-refractivity contribution in [3.05, 3.63) is 59.9 Å². The van der Waals surface area contributed by atoms with Crippen molar-refractivity contribution in [2.45, 2.75) is 48.9 Å². The van der Waals surface area contributed by atoms with Crippen LogP contribution >= 0.6 is 0 Å². The summed E-state index contributed by atoms with van der Waals surface area (Å²) in [6, 6.07) is 7.40. The van der Waals surface area contributed by atoms with Crippen LogP contribution in [0.1, 0.15) is 43.0 Å². The van der Waals surface area contributed by atoms with Crippen LogP contribution in [0.4, 0.5) is 9.18 Å². The zero-order chi connectivity index (χ0) is 23.4. The van der Waals surface area contributed by atoms with E-state index in [0.29, 0.717) is 44.6 Å². The van der Waals surface area contributed by atoms with Crippen molar-refractivity contribution in [3.8, 4) is 0 Å². The lowest BCUT2D eigenvalue weighted by atomic mass is 9.86. The topological polar surface area (TPSA) is 125 Å². The van der Waals surface area contributed by atoms with Gasteiger partial charge in [0.2, 0.25) is 0 Å². The Morgan fingerprint density at radius 2 is 1.85 bits per heavy atom. The minimum absolute atomic E-state index is 0.164. The van der Waals surface area contributed by atoms with Crippen LogP contribution in [0.2, 0.25) is 0 Å². The molecule has 3 amide bonds. The van der Waals surface area contributed by atoms with Gasteiger partial charge >= 0.3 is 6.03 Å². The number of imide groups is 1. The van der Waals surface area contributed by atoms with Gasteiger partial charge in [-0.3, -0.25) is 15.0 Å². The molecule has 0 spiro atoms. The Bertz CT molecular complexity index is 1020. The second-order valence-corrected chi connectivity index (χ2v) is 9.39. The zero-order valence-corrected chi connectivity index (χ0v) is 18.8. The maximum absolute atomic E-state index is 13.3. The SMILES string of the molecule is O=C1NC(=O)C(CCCc2ncccn2)(C(N2CCC(c3ccc(F)cc3)CC2)S(=O)O)N1. The van der Waals surface area contributed by atoms with Crippen molar-refractivity contribution in [1.29, 1.82) is 0 Å². The zero-order valence-electron chi connectivity index (χ0n) is 17.9. The molecule has 3 unspecified atom stereocenters. The molecule has 33 heavy (non-hydrogen) atoms. The Hall–Kier alpha value is -2.76. The molecule has 1 aromatic carbocycles. The first-order valence-corrected chi connectivity index (χ1v) is 12.0. The molecule has 9 nitrogen and oxygen atoms in total. The highest BCUT2D eigenvalue weighted by atomic mass is 32.2. The second kappa shape index (κ2) is 10.0. The maximum atomic E-state index is 13.3. The number of rotatable bonds is 8. The molecular weight excluding hydrogens is 449 g/mol. The van der Waals surface area contributed by atoms with Gasteiger partial charge in [0.15, 0.2) is 16.6 Å². The summed E-state index contributed by atoms with van der Waals surface area (Å²) in [6.45, 7) is 0.928. The van der Waals surface area contributed by atoms with Crippen LogP contribution in [0.3, 0.4) is 0 Å². The van der Waals surface area contributed by atoms with Crippen molar-refractivity contribution in [1.82, 2.24) is 25.5 Å². The number of aromatic nitrogens is 2. The van der Waals surface area contributed by atoms with Crippen LogP contribution in [0.25, 0.3) is 0 Å². The number of nitrogens with zero attached hydrogens (tertiary/aromatic N) is 3. The first kappa shape index (κ1) is 23.4. The molecule has 2 aliphatic heterocycles. The largest absolute Gasteiger partial charge is 0.322 e. The number of piperidine rings is 1. The molecule has 3 N–H and O–H groups in total. The van der Waals surface area contributed by atoms with Crippen LogP contribution in [0, 0.1) is 5.82 Å². The molecular formula is C22H26FN5O4S. The quantitative estimate of drug-likeness (QED) is 0.394. The molecule has 0 saturated carbocycles. The molecule has 176 valence electrons. The lowest BCUT2D eigenvalue weighted by molar-refractivity contribution is -0.125. The van der Waals surface area contributed by atoms with Gasteiger partial charge in [0.1, 0.15) is 17.0 Å². The smallest absolute Gasteiger partial charge is 0.321 e. The number of carbonyl (C=O) groups excluding carboxylic acids is 2. The van der Waals surface area contributed by atoms with Gasteiger partial charge < -0.3 is 9.87 Å². The fraction of sp³-hybridized carbons (Fsp3) is 0.455. The average Bonchev–Trinajstić information content (AvgIpc) is 3.08. The van der Waals surface area contributed by atoms with Gasteiger partial charge in [-0.2, -0.15) is 0 Å². The Labute approximate surface area is 193 Å². The molecule has 4 rings (SSSR count). The molecule has 11 heteroatoms. The van der Waals surface area contributed by atoms with E-state index >= 15 is 0 Å².